The molecular weight excluding hydrogens is 330 g/mol. The number of amides is 5. The van der Waals surface area contributed by atoms with Crippen molar-refractivity contribution in [2.24, 2.45) is 17.4 Å². The van der Waals surface area contributed by atoms with E-state index in [2.05, 4.69) is 10.6 Å². The van der Waals surface area contributed by atoms with Crippen LogP contribution in [-0.4, -0.2) is 59.1 Å². The van der Waals surface area contributed by atoms with Gasteiger partial charge in [-0.25, -0.2) is 0 Å². The van der Waals surface area contributed by atoms with Crippen LogP contribution in [0.3, 0.4) is 0 Å². The second-order valence-corrected chi connectivity index (χ2v) is 6.55. The number of carbonyl (C=O) groups excluding carboxylic acids is 5. The number of hydrogen-bond donors (Lipinski definition) is 4. The summed E-state index contributed by atoms with van der Waals surface area (Å²) < 4.78 is 0. The first-order valence-corrected chi connectivity index (χ1v) is 8.18. The summed E-state index contributed by atoms with van der Waals surface area (Å²) in [5.74, 6) is -3.03. The van der Waals surface area contributed by atoms with Gasteiger partial charge in [-0.1, -0.05) is 6.92 Å². The Kier molecular flexibility index (Phi) is 5.60. The monoisotopic (exact) mass is 353 g/mol. The van der Waals surface area contributed by atoms with Gasteiger partial charge in [0.05, 0.1) is 6.42 Å². The maximum atomic E-state index is 12.7. The smallest absolute Gasteiger partial charge is 0.246 e. The summed E-state index contributed by atoms with van der Waals surface area (Å²) in [5.41, 5.74) is 10.5. The second kappa shape index (κ2) is 7.49. The molecule has 0 saturated carbocycles. The van der Waals surface area contributed by atoms with Crippen LogP contribution in [0.2, 0.25) is 0 Å². The van der Waals surface area contributed by atoms with E-state index in [1.54, 1.807) is 6.92 Å². The Morgan fingerprint density at radius 1 is 1.32 bits per heavy atom. The molecule has 2 rings (SSSR count). The standard InChI is InChI=1S/C15H23N5O5/c1-7-5-11(22)19-12(7)14(24)18-8(6-10(16)21)15(25)20-4-2-3-9(20)13(17)23/h7-9,12H,2-6H2,1H3,(H2,16,21)(H2,17,23)(H,18,24)(H,19,22)/t7?,8-,9-,12-/m0/s1. The lowest BCUT2D eigenvalue weighted by Gasteiger charge is -2.28. The topological polar surface area (TPSA) is 165 Å². The van der Waals surface area contributed by atoms with E-state index in [1.807, 2.05) is 0 Å². The molecule has 25 heavy (non-hydrogen) atoms. The van der Waals surface area contributed by atoms with Gasteiger partial charge in [-0.05, 0) is 18.8 Å². The molecular formula is C15H23N5O5. The molecule has 4 atom stereocenters. The fraction of sp³-hybridized carbons (Fsp3) is 0.667. The van der Waals surface area contributed by atoms with Crippen LogP contribution in [0.5, 0.6) is 0 Å². The summed E-state index contributed by atoms with van der Waals surface area (Å²) in [6, 6.07) is -2.74. The lowest BCUT2D eigenvalue weighted by molar-refractivity contribution is -0.142. The van der Waals surface area contributed by atoms with Gasteiger partial charge in [0.2, 0.25) is 29.5 Å². The fourth-order valence-corrected chi connectivity index (χ4v) is 3.30. The summed E-state index contributed by atoms with van der Waals surface area (Å²) in [6.07, 6.45) is 0.852. The minimum absolute atomic E-state index is 0.211. The van der Waals surface area contributed by atoms with Crippen LogP contribution in [0.1, 0.15) is 32.6 Å². The Hall–Kier alpha value is -2.65. The van der Waals surface area contributed by atoms with Crippen molar-refractivity contribution in [2.45, 2.75) is 50.7 Å². The van der Waals surface area contributed by atoms with Crippen LogP contribution in [0.15, 0.2) is 0 Å². The predicted molar refractivity (Wildman–Crippen MR) is 85.4 cm³/mol. The first-order chi connectivity index (χ1) is 11.7. The van der Waals surface area contributed by atoms with Gasteiger partial charge in [0.1, 0.15) is 18.1 Å². The maximum Gasteiger partial charge on any atom is 0.246 e. The summed E-state index contributed by atoms with van der Waals surface area (Å²) >= 11 is 0. The number of rotatable bonds is 6. The van der Waals surface area contributed by atoms with E-state index in [1.165, 1.54) is 4.90 Å². The van der Waals surface area contributed by atoms with Gasteiger partial charge < -0.3 is 27.0 Å². The molecule has 0 aromatic carbocycles. The third-order valence-corrected chi connectivity index (χ3v) is 4.56. The molecule has 2 aliphatic rings. The van der Waals surface area contributed by atoms with Crippen LogP contribution in [-0.2, 0) is 24.0 Å². The van der Waals surface area contributed by atoms with Gasteiger partial charge in [-0.15, -0.1) is 0 Å². The lowest BCUT2D eigenvalue weighted by atomic mass is 10.0. The van der Waals surface area contributed by atoms with Crippen LogP contribution in [0.4, 0.5) is 0 Å². The van der Waals surface area contributed by atoms with Crippen LogP contribution >= 0.6 is 0 Å². The first kappa shape index (κ1) is 18.7. The molecule has 2 heterocycles. The molecule has 2 saturated heterocycles. The van der Waals surface area contributed by atoms with Gasteiger partial charge in [-0.2, -0.15) is 0 Å². The average Bonchev–Trinajstić information content (AvgIpc) is 3.11. The molecule has 2 fully saturated rings. The van der Waals surface area contributed by atoms with Crippen LogP contribution in [0, 0.1) is 5.92 Å². The molecule has 10 nitrogen and oxygen atoms in total. The Balaban J connectivity index is 2.11. The number of nitrogens with two attached hydrogens (primary N) is 2. The molecule has 138 valence electrons. The average molecular weight is 353 g/mol. The third-order valence-electron chi connectivity index (χ3n) is 4.56. The molecule has 1 unspecified atom stereocenters. The van der Waals surface area contributed by atoms with Crippen molar-refractivity contribution in [1.29, 1.82) is 0 Å². The van der Waals surface area contributed by atoms with E-state index in [0.717, 1.165) is 0 Å². The van der Waals surface area contributed by atoms with E-state index in [9.17, 15) is 24.0 Å². The molecule has 2 aliphatic heterocycles. The van der Waals surface area contributed by atoms with Crippen molar-refractivity contribution < 1.29 is 24.0 Å². The summed E-state index contributed by atoms with van der Waals surface area (Å²) in [7, 11) is 0. The highest BCUT2D eigenvalue weighted by molar-refractivity contribution is 5.97. The highest BCUT2D eigenvalue weighted by Gasteiger charge is 2.40. The van der Waals surface area contributed by atoms with Crippen LogP contribution in [0.25, 0.3) is 0 Å². The minimum Gasteiger partial charge on any atom is -0.370 e. The van der Waals surface area contributed by atoms with E-state index in [-0.39, 0.29) is 18.2 Å². The Bertz CT molecular complexity index is 607. The van der Waals surface area contributed by atoms with Gasteiger partial charge in [0.15, 0.2) is 0 Å². The van der Waals surface area contributed by atoms with E-state index in [0.29, 0.717) is 19.4 Å². The summed E-state index contributed by atoms with van der Waals surface area (Å²) in [5, 5.41) is 5.01. The number of likely N-dealkylation sites (tertiary alicyclic amines) is 1. The van der Waals surface area contributed by atoms with Crippen molar-refractivity contribution in [3.8, 4) is 0 Å². The second-order valence-electron chi connectivity index (χ2n) is 6.55. The Morgan fingerprint density at radius 3 is 2.52 bits per heavy atom. The normalized spacial score (nSPS) is 26.8. The highest BCUT2D eigenvalue weighted by Crippen LogP contribution is 2.20. The van der Waals surface area contributed by atoms with Crippen molar-refractivity contribution in [2.75, 3.05) is 6.54 Å². The largest absolute Gasteiger partial charge is 0.370 e. The lowest BCUT2D eigenvalue weighted by Crippen LogP contribution is -2.56. The maximum absolute atomic E-state index is 12.7. The van der Waals surface area contributed by atoms with Crippen LogP contribution < -0.4 is 22.1 Å². The number of primary amides is 2. The fourth-order valence-electron chi connectivity index (χ4n) is 3.30. The molecule has 0 bridgehead atoms. The first-order valence-electron chi connectivity index (χ1n) is 8.18. The minimum atomic E-state index is -1.20. The van der Waals surface area contributed by atoms with Crippen molar-refractivity contribution in [3.05, 3.63) is 0 Å². The van der Waals surface area contributed by atoms with E-state index < -0.39 is 48.2 Å². The number of nitrogens with one attached hydrogen (secondary N) is 2. The van der Waals surface area contributed by atoms with Gasteiger partial charge >= 0.3 is 0 Å². The van der Waals surface area contributed by atoms with E-state index in [4.69, 9.17) is 11.5 Å². The zero-order valence-corrected chi connectivity index (χ0v) is 14.0. The zero-order valence-electron chi connectivity index (χ0n) is 14.0. The quantitative estimate of drug-likeness (QED) is 0.409. The molecule has 0 aromatic heterocycles. The summed E-state index contributed by atoms with van der Waals surface area (Å²) in [4.78, 5) is 60.5. The zero-order chi connectivity index (χ0) is 18.7. The SMILES string of the molecule is CC1CC(=O)N[C@@H]1C(=O)N[C@@H](CC(N)=O)C(=O)N1CCC[C@H]1C(N)=O. The third kappa shape index (κ3) is 4.25. The molecule has 0 aromatic rings. The molecule has 0 spiro atoms. The van der Waals surface area contributed by atoms with Crippen molar-refractivity contribution in [3.63, 3.8) is 0 Å². The van der Waals surface area contributed by atoms with Gasteiger partial charge in [0, 0.05) is 13.0 Å². The number of nitrogens with zero attached hydrogens (tertiary/aromatic N) is 1. The molecule has 10 heteroatoms. The van der Waals surface area contributed by atoms with Crippen molar-refractivity contribution in [1.82, 2.24) is 15.5 Å². The van der Waals surface area contributed by atoms with Gasteiger partial charge in [0.25, 0.3) is 0 Å². The molecule has 5 amide bonds. The molecule has 6 N–H and O–H groups in total. The predicted octanol–water partition coefficient (Wildman–Crippen LogP) is -2.65. The Labute approximate surface area is 144 Å². The Morgan fingerprint density at radius 2 is 2.00 bits per heavy atom. The van der Waals surface area contributed by atoms with Gasteiger partial charge in [-0.3, -0.25) is 24.0 Å². The number of hydrogen-bond acceptors (Lipinski definition) is 5. The number of carbonyl (C=O) groups is 5. The highest BCUT2D eigenvalue weighted by atomic mass is 16.2. The molecule has 0 aliphatic carbocycles. The van der Waals surface area contributed by atoms with Crippen molar-refractivity contribution >= 4 is 29.5 Å². The molecule has 0 radical (unpaired) electrons. The summed E-state index contributed by atoms with van der Waals surface area (Å²) in [6.45, 7) is 2.05. The van der Waals surface area contributed by atoms with E-state index >= 15 is 0 Å².